The molecule has 2 aromatic heterocycles. The van der Waals surface area contributed by atoms with Gasteiger partial charge < -0.3 is 10.5 Å². The summed E-state index contributed by atoms with van der Waals surface area (Å²) in [7, 11) is 1.48. The van der Waals surface area contributed by atoms with Gasteiger partial charge in [-0.05, 0) is 40.2 Å². The van der Waals surface area contributed by atoms with Crippen molar-refractivity contribution in [3.8, 4) is 11.6 Å². The number of fused-ring (bicyclic) bond motifs is 1. The van der Waals surface area contributed by atoms with Crippen molar-refractivity contribution in [2.45, 2.75) is 0 Å². The van der Waals surface area contributed by atoms with Crippen LogP contribution >= 0.6 is 27.5 Å². The molecule has 0 aliphatic heterocycles. The first-order chi connectivity index (χ1) is 10.5. The Bertz CT molecular complexity index is 942. The molecule has 0 saturated heterocycles. The van der Waals surface area contributed by atoms with Gasteiger partial charge >= 0.3 is 0 Å². The van der Waals surface area contributed by atoms with Gasteiger partial charge in [0.25, 0.3) is 5.56 Å². The molecular formula is C14H10BrClN4O2. The molecule has 8 heteroatoms. The Morgan fingerprint density at radius 2 is 2.18 bits per heavy atom. The molecule has 6 nitrogen and oxygen atoms in total. The lowest BCUT2D eigenvalue weighted by molar-refractivity contribution is 0.396. The smallest absolute Gasteiger partial charge is 0.298 e. The molecule has 3 aromatic rings. The molecule has 0 saturated carbocycles. The molecule has 1 aromatic carbocycles. The van der Waals surface area contributed by atoms with Crippen molar-refractivity contribution in [1.82, 2.24) is 14.5 Å². The predicted molar refractivity (Wildman–Crippen MR) is 88.8 cm³/mol. The number of methoxy groups -OCH3 is 1. The van der Waals surface area contributed by atoms with Crippen molar-refractivity contribution in [2.24, 2.45) is 0 Å². The molecule has 0 radical (unpaired) electrons. The van der Waals surface area contributed by atoms with E-state index in [-0.39, 0.29) is 5.82 Å². The number of ether oxygens (including phenoxy) is 1. The molecule has 0 atom stereocenters. The Morgan fingerprint density at radius 3 is 2.91 bits per heavy atom. The number of hydrogen-bond donors (Lipinski definition) is 1. The van der Waals surface area contributed by atoms with Gasteiger partial charge in [-0.3, -0.25) is 9.36 Å². The lowest BCUT2D eigenvalue weighted by Crippen LogP contribution is -2.24. The molecule has 0 unspecified atom stereocenters. The van der Waals surface area contributed by atoms with Crippen molar-refractivity contribution < 1.29 is 4.74 Å². The quantitative estimate of drug-likeness (QED) is 0.738. The van der Waals surface area contributed by atoms with E-state index in [0.29, 0.717) is 32.1 Å². The van der Waals surface area contributed by atoms with Gasteiger partial charge in [-0.25, -0.2) is 9.97 Å². The zero-order valence-electron chi connectivity index (χ0n) is 11.4. The van der Waals surface area contributed by atoms with Crippen molar-refractivity contribution in [3.05, 3.63) is 50.3 Å². The predicted octanol–water partition coefficient (Wildman–Crippen LogP) is 2.79. The fraction of sp³-hybridized carbons (Fsp3) is 0.0714. The van der Waals surface area contributed by atoms with Crippen LogP contribution in [0.4, 0.5) is 5.82 Å². The first kappa shape index (κ1) is 14.8. The highest BCUT2D eigenvalue weighted by Gasteiger charge is 2.16. The van der Waals surface area contributed by atoms with E-state index in [9.17, 15) is 4.79 Å². The average Bonchev–Trinajstić information content (AvgIpc) is 2.51. The van der Waals surface area contributed by atoms with E-state index in [1.807, 2.05) is 0 Å². The summed E-state index contributed by atoms with van der Waals surface area (Å²) >= 11 is 9.43. The summed E-state index contributed by atoms with van der Waals surface area (Å²) in [5.41, 5.74) is 6.81. The van der Waals surface area contributed by atoms with E-state index in [4.69, 9.17) is 22.1 Å². The van der Waals surface area contributed by atoms with E-state index in [1.165, 1.54) is 11.7 Å². The van der Waals surface area contributed by atoms with Crippen molar-refractivity contribution in [2.75, 3.05) is 12.8 Å². The van der Waals surface area contributed by atoms with Crippen LogP contribution in [-0.2, 0) is 0 Å². The van der Waals surface area contributed by atoms with Crippen molar-refractivity contribution in [1.29, 1.82) is 0 Å². The minimum Gasteiger partial charge on any atom is -0.480 e. The Balaban J connectivity index is 2.49. The molecule has 0 bridgehead atoms. The summed E-state index contributed by atoms with van der Waals surface area (Å²) < 4.78 is 7.28. The Morgan fingerprint density at radius 1 is 1.41 bits per heavy atom. The summed E-state index contributed by atoms with van der Waals surface area (Å²) in [4.78, 5) is 20.7. The Kier molecular flexibility index (Phi) is 3.76. The van der Waals surface area contributed by atoms with Crippen LogP contribution in [0.1, 0.15) is 0 Å². The van der Waals surface area contributed by atoms with Crippen molar-refractivity contribution in [3.63, 3.8) is 0 Å². The van der Waals surface area contributed by atoms with E-state index in [0.717, 1.165) is 0 Å². The van der Waals surface area contributed by atoms with Crippen LogP contribution in [0.5, 0.6) is 5.88 Å². The number of pyridine rings is 1. The van der Waals surface area contributed by atoms with Crippen LogP contribution in [0.15, 0.2) is 39.7 Å². The number of halogens is 2. The van der Waals surface area contributed by atoms with E-state index < -0.39 is 5.56 Å². The standard InChI is InChI=1S/C14H10BrClN4O2/c1-22-13-10(3-2-4-18-13)20-11-5-7(15)8(16)6-9(11)19-12(17)14(20)21/h2-6H,1H3,(H2,17,19). The SMILES string of the molecule is COc1ncccc1-n1c(=O)c(N)nc2cc(Cl)c(Br)cc21. The number of nitrogens with zero attached hydrogens (tertiary/aromatic N) is 3. The monoisotopic (exact) mass is 380 g/mol. The molecule has 2 N–H and O–H groups in total. The number of nitrogens with two attached hydrogens (primary N) is 1. The number of hydrogen-bond acceptors (Lipinski definition) is 5. The third-order valence-electron chi connectivity index (χ3n) is 3.11. The lowest BCUT2D eigenvalue weighted by atomic mass is 10.2. The van der Waals surface area contributed by atoms with Gasteiger partial charge in [0, 0.05) is 10.7 Å². The fourth-order valence-electron chi connectivity index (χ4n) is 2.14. The van der Waals surface area contributed by atoms with Gasteiger partial charge in [-0.15, -0.1) is 0 Å². The zero-order chi connectivity index (χ0) is 15.9. The maximum Gasteiger partial charge on any atom is 0.298 e. The molecule has 112 valence electrons. The van der Waals surface area contributed by atoms with Crippen LogP contribution in [-0.4, -0.2) is 21.6 Å². The van der Waals surface area contributed by atoms with Gasteiger partial charge in [0.1, 0.15) is 5.69 Å². The van der Waals surface area contributed by atoms with Crippen LogP contribution in [0.25, 0.3) is 16.7 Å². The van der Waals surface area contributed by atoms with Gasteiger partial charge in [-0.2, -0.15) is 0 Å². The van der Waals surface area contributed by atoms with Gasteiger partial charge in [0.05, 0.1) is 23.2 Å². The number of rotatable bonds is 2. The second-order valence-electron chi connectivity index (χ2n) is 4.42. The molecular weight excluding hydrogens is 372 g/mol. The first-order valence-corrected chi connectivity index (χ1v) is 7.36. The summed E-state index contributed by atoms with van der Waals surface area (Å²) in [6.07, 6.45) is 1.58. The molecule has 0 aliphatic rings. The highest BCUT2D eigenvalue weighted by molar-refractivity contribution is 9.10. The minimum absolute atomic E-state index is 0.128. The lowest BCUT2D eigenvalue weighted by Gasteiger charge is -2.13. The van der Waals surface area contributed by atoms with Crippen LogP contribution in [0.3, 0.4) is 0 Å². The Hall–Kier alpha value is -2.12. The zero-order valence-corrected chi connectivity index (χ0v) is 13.7. The maximum atomic E-state index is 12.5. The number of aromatic nitrogens is 3. The molecule has 3 rings (SSSR count). The highest BCUT2D eigenvalue weighted by atomic mass is 79.9. The second-order valence-corrected chi connectivity index (χ2v) is 5.69. The summed E-state index contributed by atoms with van der Waals surface area (Å²) in [6, 6.07) is 6.76. The molecule has 0 fully saturated rings. The number of benzene rings is 1. The van der Waals surface area contributed by atoms with E-state index in [1.54, 1.807) is 30.5 Å². The highest BCUT2D eigenvalue weighted by Crippen LogP contribution is 2.29. The minimum atomic E-state index is -0.451. The summed E-state index contributed by atoms with van der Waals surface area (Å²) in [5, 5.41) is 0.475. The number of nitrogen functional groups attached to an aromatic ring is 1. The van der Waals surface area contributed by atoms with Crippen LogP contribution in [0, 0.1) is 0 Å². The van der Waals surface area contributed by atoms with Crippen molar-refractivity contribution >= 4 is 44.4 Å². The molecule has 0 amide bonds. The first-order valence-electron chi connectivity index (χ1n) is 6.19. The molecule has 0 aliphatic carbocycles. The Labute approximate surface area is 138 Å². The second kappa shape index (κ2) is 5.58. The summed E-state index contributed by atoms with van der Waals surface area (Å²) in [6.45, 7) is 0. The van der Waals surface area contributed by atoms with Crippen LogP contribution < -0.4 is 16.0 Å². The van der Waals surface area contributed by atoms with Gasteiger partial charge in [0.2, 0.25) is 5.88 Å². The number of anilines is 1. The van der Waals surface area contributed by atoms with E-state index in [2.05, 4.69) is 25.9 Å². The molecule has 0 spiro atoms. The largest absolute Gasteiger partial charge is 0.480 e. The normalized spacial score (nSPS) is 10.9. The molecule has 2 heterocycles. The third-order valence-corrected chi connectivity index (χ3v) is 4.30. The molecule has 22 heavy (non-hydrogen) atoms. The fourth-order valence-corrected chi connectivity index (χ4v) is 2.63. The average molecular weight is 382 g/mol. The topological polar surface area (TPSA) is 83.0 Å². The van der Waals surface area contributed by atoms with E-state index >= 15 is 0 Å². The summed E-state index contributed by atoms with van der Waals surface area (Å²) in [5.74, 6) is 0.180. The maximum absolute atomic E-state index is 12.5. The van der Waals surface area contributed by atoms with Gasteiger partial charge in [0.15, 0.2) is 5.82 Å². The van der Waals surface area contributed by atoms with Gasteiger partial charge in [-0.1, -0.05) is 11.6 Å². The third kappa shape index (κ3) is 2.32. The van der Waals surface area contributed by atoms with Crippen LogP contribution in [0.2, 0.25) is 5.02 Å².